The molecule has 0 aliphatic carbocycles. The van der Waals surface area contributed by atoms with Gasteiger partial charge < -0.3 is 5.32 Å². The molecule has 1 saturated heterocycles. The average Bonchev–Trinajstić information content (AvgIpc) is 2.97. The van der Waals surface area contributed by atoms with Crippen LogP contribution in [0.3, 0.4) is 0 Å². The molecule has 1 fully saturated rings. The maximum absolute atomic E-state index is 12.1. The van der Waals surface area contributed by atoms with Crippen molar-refractivity contribution in [1.29, 1.82) is 0 Å². The predicted molar refractivity (Wildman–Crippen MR) is 81.7 cm³/mol. The van der Waals surface area contributed by atoms with Crippen LogP contribution in [0.25, 0.3) is 0 Å². The Balaban J connectivity index is 1.66. The van der Waals surface area contributed by atoms with Crippen molar-refractivity contribution in [2.45, 2.75) is 25.7 Å². The molecule has 110 valence electrons. The van der Waals surface area contributed by atoms with Gasteiger partial charge in [-0.2, -0.15) is 0 Å². The second-order valence-electron chi connectivity index (χ2n) is 5.09. The third-order valence-corrected chi connectivity index (χ3v) is 4.57. The highest BCUT2D eigenvalue weighted by atomic mass is 32.1. The van der Waals surface area contributed by atoms with Crippen molar-refractivity contribution in [3.8, 4) is 0 Å². The van der Waals surface area contributed by atoms with Gasteiger partial charge in [0.1, 0.15) is 5.69 Å². The van der Waals surface area contributed by atoms with Gasteiger partial charge in [-0.15, -0.1) is 11.3 Å². The van der Waals surface area contributed by atoms with E-state index in [1.807, 2.05) is 13.1 Å². The Labute approximate surface area is 127 Å². The van der Waals surface area contributed by atoms with Gasteiger partial charge in [-0.3, -0.25) is 15.1 Å². The summed E-state index contributed by atoms with van der Waals surface area (Å²) in [7, 11) is 0. The van der Waals surface area contributed by atoms with Crippen molar-refractivity contribution in [1.82, 2.24) is 20.3 Å². The van der Waals surface area contributed by atoms with Crippen LogP contribution in [0.1, 0.15) is 39.8 Å². The number of thiazole rings is 1. The Kier molecular flexibility index (Phi) is 4.21. The molecule has 1 amide bonds. The summed E-state index contributed by atoms with van der Waals surface area (Å²) in [4.78, 5) is 25.7. The number of carbonyl (C=O) groups excluding carboxylic acids is 1. The van der Waals surface area contributed by atoms with Crippen LogP contribution in [0.2, 0.25) is 0 Å². The van der Waals surface area contributed by atoms with Crippen molar-refractivity contribution in [3.63, 3.8) is 0 Å². The van der Waals surface area contributed by atoms with E-state index in [2.05, 4.69) is 25.6 Å². The summed E-state index contributed by atoms with van der Waals surface area (Å²) in [5.41, 5.74) is 1.09. The van der Waals surface area contributed by atoms with E-state index >= 15 is 0 Å². The molecule has 21 heavy (non-hydrogen) atoms. The first-order chi connectivity index (χ1) is 10.2. The second-order valence-corrected chi connectivity index (χ2v) is 6.15. The Morgan fingerprint density at radius 2 is 2.05 bits per heavy atom. The molecule has 2 N–H and O–H groups in total. The lowest BCUT2D eigenvalue weighted by atomic mass is 9.97. The Morgan fingerprint density at radius 3 is 2.76 bits per heavy atom. The molecule has 3 heterocycles. The lowest BCUT2D eigenvalue weighted by Crippen LogP contribution is -2.26. The molecule has 3 rings (SSSR count). The fourth-order valence-electron chi connectivity index (χ4n) is 2.31. The summed E-state index contributed by atoms with van der Waals surface area (Å²) >= 11 is 1.55. The maximum Gasteiger partial charge on any atom is 0.277 e. The van der Waals surface area contributed by atoms with Crippen LogP contribution in [-0.4, -0.2) is 33.9 Å². The number of piperidine rings is 1. The van der Waals surface area contributed by atoms with Crippen molar-refractivity contribution >= 4 is 22.4 Å². The van der Waals surface area contributed by atoms with Crippen molar-refractivity contribution in [3.05, 3.63) is 34.9 Å². The quantitative estimate of drug-likeness (QED) is 0.906. The van der Waals surface area contributed by atoms with Crippen molar-refractivity contribution < 1.29 is 4.79 Å². The highest BCUT2D eigenvalue weighted by Gasteiger charge is 2.18. The minimum atomic E-state index is -0.270. The van der Waals surface area contributed by atoms with Crippen LogP contribution < -0.4 is 10.6 Å². The summed E-state index contributed by atoms with van der Waals surface area (Å²) < 4.78 is 0. The standard InChI is InChI=1S/C14H17N5OS/c1-9-6-17-11(7-16-9)13(20)19-14-18-8-12(21-14)10-2-4-15-5-3-10/h6-8,10,15H,2-5H2,1H3,(H,18,19,20). The van der Waals surface area contributed by atoms with Crippen LogP contribution in [0.4, 0.5) is 5.13 Å². The summed E-state index contributed by atoms with van der Waals surface area (Å²) in [6.07, 6.45) is 7.18. The number of nitrogens with zero attached hydrogens (tertiary/aromatic N) is 3. The van der Waals surface area contributed by atoms with Gasteiger partial charge in [-0.1, -0.05) is 0 Å². The third-order valence-electron chi connectivity index (χ3n) is 3.50. The van der Waals surface area contributed by atoms with E-state index in [0.717, 1.165) is 31.6 Å². The van der Waals surface area contributed by atoms with Crippen molar-refractivity contribution in [2.24, 2.45) is 0 Å². The van der Waals surface area contributed by atoms with Gasteiger partial charge in [-0.25, -0.2) is 9.97 Å². The number of carbonyl (C=O) groups is 1. The number of rotatable bonds is 3. The zero-order chi connectivity index (χ0) is 14.7. The van der Waals surface area contributed by atoms with Gasteiger partial charge >= 0.3 is 0 Å². The van der Waals surface area contributed by atoms with E-state index < -0.39 is 0 Å². The monoisotopic (exact) mass is 303 g/mol. The molecule has 0 bridgehead atoms. The molecular formula is C14H17N5OS. The number of hydrogen-bond acceptors (Lipinski definition) is 6. The van der Waals surface area contributed by atoms with E-state index in [0.29, 0.717) is 16.7 Å². The van der Waals surface area contributed by atoms with Crippen LogP contribution in [0.5, 0.6) is 0 Å². The summed E-state index contributed by atoms with van der Waals surface area (Å²) in [5, 5.41) is 6.76. The zero-order valence-corrected chi connectivity index (χ0v) is 12.6. The predicted octanol–water partition coefficient (Wildman–Crippen LogP) is 1.96. The molecular weight excluding hydrogens is 286 g/mol. The number of hydrogen-bond donors (Lipinski definition) is 2. The summed E-state index contributed by atoms with van der Waals surface area (Å²) in [5.74, 6) is 0.280. The average molecular weight is 303 g/mol. The lowest BCUT2D eigenvalue weighted by Gasteiger charge is -2.20. The summed E-state index contributed by atoms with van der Waals surface area (Å²) in [6, 6.07) is 0. The van der Waals surface area contributed by atoms with Gasteiger partial charge in [0.25, 0.3) is 5.91 Å². The number of aryl methyl sites for hydroxylation is 1. The molecule has 0 aromatic carbocycles. The van der Waals surface area contributed by atoms with Crippen LogP contribution in [0.15, 0.2) is 18.6 Å². The first-order valence-electron chi connectivity index (χ1n) is 6.99. The maximum atomic E-state index is 12.1. The van der Waals surface area contributed by atoms with E-state index in [4.69, 9.17) is 0 Å². The molecule has 2 aromatic rings. The molecule has 0 radical (unpaired) electrons. The van der Waals surface area contributed by atoms with Gasteiger partial charge in [-0.05, 0) is 38.8 Å². The number of amides is 1. The van der Waals surface area contributed by atoms with Crippen molar-refractivity contribution in [2.75, 3.05) is 18.4 Å². The van der Waals surface area contributed by atoms with Crippen LogP contribution in [0, 0.1) is 6.92 Å². The first kappa shape index (κ1) is 14.1. The molecule has 0 spiro atoms. The van der Waals surface area contributed by atoms with Gasteiger partial charge in [0.15, 0.2) is 5.13 Å². The number of anilines is 1. The Bertz CT molecular complexity index is 619. The number of aromatic nitrogens is 3. The Hall–Kier alpha value is -1.86. The largest absolute Gasteiger partial charge is 0.317 e. The Morgan fingerprint density at radius 1 is 1.24 bits per heavy atom. The minimum absolute atomic E-state index is 0.270. The third kappa shape index (κ3) is 3.43. The molecule has 0 atom stereocenters. The zero-order valence-electron chi connectivity index (χ0n) is 11.8. The van der Waals surface area contributed by atoms with Crippen LogP contribution >= 0.6 is 11.3 Å². The first-order valence-corrected chi connectivity index (χ1v) is 7.80. The van der Waals surface area contributed by atoms with E-state index in [1.54, 1.807) is 17.5 Å². The van der Waals surface area contributed by atoms with Crippen LogP contribution in [-0.2, 0) is 0 Å². The topological polar surface area (TPSA) is 79.8 Å². The molecule has 7 heteroatoms. The van der Waals surface area contributed by atoms with Gasteiger partial charge in [0.2, 0.25) is 0 Å². The number of nitrogens with one attached hydrogen (secondary N) is 2. The minimum Gasteiger partial charge on any atom is -0.317 e. The van der Waals surface area contributed by atoms with E-state index in [1.165, 1.54) is 11.1 Å². The summed E-state index contributed by atoms with van der Waals surface area (Å²) in [6.45, 7) is 3.92. The fourth-order valence-corrected chi connectivity index (χ4v) is 3.29. The molecule has 6 nitrogen and oxygen atoms in total. The molecule has 0 unspecified atom stereocenters. The molecule has 1 aliphatic rings. The molecule has 0 saturated carbocycles. The van der Waals surface area contributed by atoms with E-state index in [-0.39, 0.29) is 5.91 Å². The SMILES string of the molecule is Cc1cnc(C(=O)Nc2ncc(C3CCNCC3)s2)cn1. The highest BCUT2D eigenvalue weighted by molar-refractivity contribution is 7.15. The van der Waals surface area contributed by atoms with Gasteiger partial charge in [0.05, 0.1) is 11.9 Å². The smallest absolute Gasteiger partial charge is 0.277 e. The normalized spacial score (nSPS) is 15.9. The van der Waals surface area contributed by atoms with Gasteiger partial charge in [0, 0.05) is 17.3 Å². The lowest BCUT2D eigenvalue weighted by molar-refractivity contribution is 0.102. The molecule has 2 aromatic heterocycles. The molecule has 1 aliphatic heterocycles. The van der Waals surface area contributed by atoms with E-state index in [9.17, 15) is 4.79 Å². The second kappa shape index (κ2) is 6.28. The fraction of sp³-hybridized carbons (Fsp3) is 0.429. The highest BCUT2D eigenvalue weighted by Crippen LogP contribution is 2.31.